The van der Waals surface area contributed by atoms with Crippen LogP contribution in [0, 0.1) is 0 Å². The van der Waals surface area contributed by atoms with Crippen molar-refractivity contribution < 1.29 is 9.53 Å². The number of para-hydroxylation sites is 1. The van der Waals surface area contributed by atoms with Crippen molar-refractivity contribution in [3.05, 3.63) is 36.4 Å². The Balaban J connectivity index is 3.13. The molecule has 0 saturated heterocycles. The van der Waals surface area contributed by atoms with Crippen LogP contribution in [0.1, 0.15) is 5.56 Å². The molecule has 2 heteroatoms. The van der Waals surface area contributed by atoms with E-state index in [1.807, 2.05) is 12.1 Å². The second-order valence-electron chi connectivity index (χ2n) is 2.34. The molecule has 0 amide bonds. The number of allylic oxidation sites excluding steroid dienone is 1. The molecule has 0 bridgehead atoms. The highest BCUT2D eigenvalue weighted by atomic mass is 16.5. The number of carbonyl (C=O) groups excluding carboxylic acids is 1. The van der Waals surface area contributed by atoms with Crippen LogP contribution in [0.5, 0.6) is 5.75 Å². The smallest absolute Gasteiger partial charge is 0.150 e. The van der Waals surface area contributed by atoms with Gasteiger partial charge in [0.15, 0.2) is 0 Å². The summed E-state index contributed by atoms with van der Waals surface area (Å²) >= 11 is 0. The first-order valence-corrected chi connectivity index (χ1v) is 3.57. The van der Waals surface area contributed by atoms with Gasteiger partial charge >= 0.3 is 0 Å². The molecule has 0 atom stereocenters. The van der Waals surface area contributed by atoms with Gasteiger partial charge in [-0.15, -0.1) is 0 Å². The van der Waals surface area contributed by atoms with E-state index in [-0.39, 0.29) is 0 Å². The molecule has 1 aromatic rings. The summed E-state index contributed by atoms with van der Waals surface area (Å²) in [6.07, 6.45) is 0.720. The van der Waals surface area contributed by atoms with Crippen LogP contribution in [0.4, 0.5) is 0 Å². The van der Waals surface area contributed by atoms with Crippen molar-refractivity contribution in [2.24, 2.45) is 0 Å². The Kier molecular flexibility index (Phi) is 2.64. The van der Waals surface area contributed by atoms with E-state index in [1.165, 1.54) is 0 Å². The molecule has 1 rings (SSSR count). The molecule has 0 radical (unpaired) electrons. The predicted molar refractivity (Wildman–Crippen MR) is 48.1 cm³/mol. The van der Waals surface area contributed by atoms with Gasteiger partial charge in [-0.3, -0.25) is 4.79 Å². The largest absolute Gasteiger partial charge is 0.496 e. The minimum atomic E-state index is 0.437. The Labute approximate surface area is 71.5 Å². The highest BCUT2D eigenvalue weighted by Crippen LogP contribution is 2.22. The summed E-state index contributed by atoms with van der Waals surface area (Å²) in [5.74, 6) is 0.676. The average molecular weight is 162 g/mol. The normalized spacial score (nSPS) is 9.08. The van der Waals surface area contributed by atoms with Crippen LogP contribution in [0.3, 0.4) is 0 Å². The van der Waals surface area contributed by atoms with Crippen LogP contribution in [-0.2, 0) is 4.79 Å². The van der Waals surface area contributed by atoms with Crippen LogP contribution in [-0.4, -0.2) is 13.4 Å². The second-order valence-corrected chi connectivity index (χ2v) is 2.34. The maximum absolute atomic E-state index is 10.4. The molecule has 0 saturated carbocycles. The highest BCUT2D eigenvalue weighted by molar-refractivity contribution is 6.06. The van der Waals surface area contributed by atoms with E-state index >= 15 is 0 Å². The third-order valence-corrected chi connectivity index (χ3v) is 1.60. The molecule has 0 unspecified atom stereocenters. The number of ether oxygens (including phenoxy) is 1. The summed E-state index contributed by atoms with van der Waals surface area (Å²) in [4.78, 5) is 10.4. The fraction of sp³-hybridized carbons (Fsp3) is 0.100. The minimum Gasteiger partial charge on any atom is -0.496 e. The van der Waals surface area contributed by atoms with E-state index in [0.29, 0.717) is 11.3 Å². The standard InChI is InChI=1S/C10H10O2/c1-8(7-11)9-5-3-4-6-10(9)12-2/h3-7H,1H2,2H3. The van der Waals surface area contributed by atoms with Gasteiger partial charge in [0.1, 0.15) is 12.0 Å². The molecule has 0 aliphatic carbocycles. The lowest BCUT2D eigenvalue weighted by Gasteiger charge is -2.05. The Bertz CT molecular complexity index is 302. The zero-order chi connectivity index (χ0) is 8.97. The molecule has 0 heterocycles. The SMILES string of the molecule is C=C(C=O)c1ccccc1OC. The van der Waals surface area contributed by atoms with Crippen LogP contribution >= 0.6 is 0 Å². The molecule has 0 spiro atoms. The molecular weight excluding hydrogens is 152 g/mol. The molecule has 0 N–H and O–H groups in total. The molecule has 0 aromatic heterocycles. The van der Waals surface area contributed by atoms with Gasteiger partial charge in [0.25, 0.3) is 0 Å². The van der Waals surface area contributed by atoms with Crippen molar-refractivity contribution in [1.29, 1.82) is 0 Å². The number of hydrogen-bond donors (Lipinski definition) is 0. The number of rotatable bonds is 3. The van der Waals surface area contributed by atoms with E-state index in [0.717, 1.165) is 11.8 Å². The van der Waals surface area contributed by atoms with Crippen molar-refractivity contribution >= 4 is 11.9 Å². The first-order valence-electron chi connectivity index (χ1n) is 3.57. The van der Waals surface area contributed by atoms with Crippen molar-refractivity contribution in [1.82, 2.24) is 0 Å². The quantitative estimate of drug-likeness (QED) is 0.501. The lowest BCUT2D eigenvalue weighted by atomic mass is 10.1. The van der Waals surface area contributed by atoms with Gasteiger partial charge in [-0.2, -0.15) is 0 Å². The van der Waals surface area contributed by atoms with Crippen molar-refractivity contribution in [3.8, 4) is 5.75 Å². The fourth-order valence-corrected chi connectivity index (χ4v) is 0.973. The fourth-order valence-electron chi connectivity index (χ4n) is 0.973. The lowest BCUT2D eigenvalue weighted by molar-refractivity contribution is -0.103. The van der Waals surface area contributed by atoms with Gasteiger partial charge in [-0.1, -0.05) is 24.8 Å². The lowest BCUT2D eigenvalue weighted by Crippen LogP contribution is -1.90. The summed E-state index contributed by atoms with van der Waals surface area (Å²) in [6.45, 7) is 3.60. The summed E-state index contributed by atoms with van der Waals surface area (Å²) in [6, 6.07) is 7.28. The second kappa shape index (κ2) is 3.72. The van der Waals surface area contributed by atoms with Crippen LogP contribution in [0.15, 0.2) is 30.8 Å². The first-order chi connectivity index (χ1) is 5.79. The summed E-state index contributed by atoms with van der Waals surface area (Å²) in [7, 11) is 1.57. The summed E-state index contributed by atoms with van der Waals surface area (Å²) < 4.78 is 5.05. The van der Waals surface area contributed by atoms with Gasteiger partial charge in [0.05, 0.1) is 7.11 Å². The molecule has 2 nitrogen and oxygen atoms in total. The topological polar surface area (TPSA) is 26.3 Å². The van der Waals surface area contributed by atoms with Crippen LogP contribution < -0.4 is 4.74 Å². The third kappa shape index (κ3) is 1.53. The van der Waals surface area contributed by atoms with Crippen LogP contribution in [0.2, 0.25) is 0 Å². The van der Waals surface area contributed by atoms with Crippen molar-refractivity contribution in [3.63, 3.8) is 0 Å². The monoisotopic (exact) mass is 162 g/mol. The Morgan fingerprint density at radius 2 is 2.17 bits per heavy atom. The Hall–Kier alpha value is -1.57. The van der Waals surface area contributed by atoms with E-state index < -0.39 is 0 Å². The maximum Gasteiger partial charge on any atom is 0.150 e. The van der Waals surface area contributed by atoms with E-state index in [4.69, 9.17) is 4.74 Å². The molecule has 1 aromatic carbocycles. The number of methoxy groups -OCH3 is 1. The first kappa shape index (κ1) is 8.53. The third-order valence-electron chi connectivity index (χ3n) is 1.60. The molecule has 62 valence electrons. The molecule has 0 aliphatic rings. The van der Waals surface area contributed by atoms with Crippen LogP contribution in [0.25, 0.3) is 5.57 Å². The zero-order valence-electron chi connectivity index (χ0n) is 6.91. The number of benzene rings is 1. The number of carbonyl (C=O) groups is 1. The minimum absolute atomic E-state index is 0.437. The number of aldehydes is 1. The molecule has 12 heavy (non-hydrogen) atoms. The molecule has 0 fully saturated rings. The predicted octanol–water partition coefficient (Wildman–Crippen LogP) is 1.91. The Morgan fingerprint density at radius 1 is 1.50 bits per heavy atom. The zero-order valence-corrected chi connectivity index (χ0v) is 6.91. The van der Waals surface area contributed by atoms with Crippen molar-refractivity contribution in [2.75, 3.05) is 7.11 Å². The van der Waals surface area contributed by atoms with E-state index in [9.17, 15) is 4.79 Å². The summed E-state index contributed by atoms with van der Waals surface area (Å²) in [5.41, 5.74) is 1.18. The Morgan fingerprint density at radius 3 is 2.75 bits per heavy atom. The number of hydrogen-bond acceptors (Lipinski definition) is 2. The average Bonchev–Trinajstić information content (AvgIpc) is 2.16. The summed E-state index contributed by atoms with van der Waals surface area (Å²) in [5, 5.41) is 0. The van der Waals surface area contributed by atoms with Gasteiger partial charge < -0.3 is 4.74 Å². The van der Waals surface area contributed by atoms with Gasteiger partial charge in [-0.05, 0) is 6.07 Å². The van der Waals surface area contributed by atoms with Gasteiger partial charge in [0, 0.05) is 11.1 Å². The van der Waals surface area contributed by atoms with E-state index in [1.54, 1.807) is 19.2 Å². The molecular formula is C10H10O2. The maximum atomic E-state index is 10.4. The van der Waals surface area contributed by atoms with Gasteiger partial charge in [-0.25, -0.2) is 0 Å². The van der Waals surface area contributed by atoms with E-state index in [2.05, 4.69) is 6.58 Å². The van der Waals surface area contributed by atoms with Crippen molar-refractivity contribution in [2.45, 2.75) is 0 Å². The molecule has 0 aliphatic heterocycles. The van der Waals surface area contributed by atoms with Gasteiger partial charge in [0.2, 0.25) is 0 Å². The highest BCUT2D eigenvalue weighted by Gasteiger charge is 2.03.